The van der Waals surface area contributed by atoms with E-state index in [9.17, 15) is 4.79 Å². The third kappa shape index (κ3) is 3.21. The number of rotatable bonds is 4. The number of likely N-dealkylation sites (N-methyl/N-ethyl adjacent to an activating group) is 1. The van der Waals surface area contributed by atoms with Gasteiger partial charge in [-0.1, -0.05) is 30.3 Å². The molecule has 1 aromatic heterocycles. The Bertz CT molecular complexity index is 751. The first-order valence-corrected chi connectivity index (χ1v) is 8.93. The molecule has 0 spiro atoms. The first kappa shape index (κ1) is 17.7. The van der Waals surface area contributed by atoms with Gasteiger partial charge in [0.25, 0.3) is 0 Å². The zero-order valence-electron chi connectivity index (χ0n) is 15.9. The molecule has 0 N–H and O–H groups in total. The van der Waals surface area contributed by atoms with Crippen LogP contribution in [0, 0.1) is 13.8 Å². The molecule has 0 radical (unpaired) electrons. The smallest absolute Gasteiger partial charge is 0.245 e. The van der Waals surface area contributed by atoms with E-state index in [0.29, 0.717) is 0 Å². The van der Waals surface area contributed by atoms with Gasteiger partial charge in [-0.2, -0.15) is 5.10 Å². The van der Waals surface area contributed by atoms with Crippen LogP contribution in [0.25, 0.3) is 0 Å². The maximum Gasteiger partial charge on any atom is 0.245 e. The number of hydrogen-bond acceptors (Lipinski definition) is 3. The Balaban J connectivity index is 1.94. The van der Waals surface area contributed by atoms with Crippen molar-refractivity contribution in [2.75, 3.05) is 20.6 Å². The number of amides is 1. The van der Waals surface area contributed by atoms with E-state index in [4.69, 9.17) is 0 Å². The molecule has 1 aromatic carbocycles. The Hall–Kier alpha value is -2.14. The average molecular weight is 340 g/mol. The van der Waals surface area contributed by atoms with Gasteiger partial charge in [0, 0.05) is 24.8 Å². The highest BCUT2D eigenvalue weighted by molar-refractivity contribution is 5.84. The summed E-state index contributed by atoms with van der Waals surface area (Å²) in [6.07, 6.45) is 2.05. The second-order valence-corrected chi connectivity index (χ2v) is 7.17. The number of aryl methyl sites for hydroxylation is 2. The van der Waals surface area contributed by atoms with Crippen LogP contribution in [0.4, 0.5) is 0 Å². The van der Waals surface area contributed by atoms with Gasteiger partial charge in [0.15, 0.2) is 0 Å². The van der Waals surface area contributed by atoms with Gasteiger partial charge in [-0.25, -0.2) is 0 Å². The van der Waals surface area contributed by atoms with E-state index in [2.05, 4.69) is 16.9 Å². The molecule has 0 aliphatic carbocycles. The summed E-state index contributed by atoms with van der Waals surface area (Å²) in [5.41, 5.74) is 4.45. The molecule has 0 bridgehead atoms. The molecule has 1 aliphatic heterocycles. The molecule has 5 heteroatoms. The number of carbonyl (C=O) groups is 1. The maximum atomic E-state index is 13.5. The summed E-state index contributed by atoms with van der Waals surface area (Å²) in [5, 5.41) is 4.56. The fraction of sp³-hybridized carbons (Fsp3) is 0.500. The number of likely N-dealkylation sites (tertiary alicyclic amines) is 1. The highest BCUT2D eigenvalue weighted by Gasteiger charge is 2.37. The van der Waals surface area contributed by atoms with Gasteiger partial charge in [-0.3, -0.25) is 14.4 Å². The molecule has 2 aromatic rings. The lowest BCUT2D eigenvalue weighted by atomic mass is 10.00. The van der Waals surface area contributed by atoms with Crippen molar-refractivity contribution in [2.45, 2.75) is 38.8 Å². The molecule has 1 aliphatic rings. The molecule has 134 valence electrons. The minimum absolute atomic E-state index is 0.132. The van der Waals surface area contributed by atoms with E-state index in [1.54, 1.807) is 0 Å². The number of carbonyl (C=O) groups excluding carboxylic acids is 1. The Kier molecular flexibility index (Phi) is 4.95. The molecule has 3 rings (SSSR count). The second-order valence-electron chi connectivity index (χ2n) is 7.17. The highest BCUT2D eigenvalue weighted by atomic mass is 16.2. The Morgan fingerprint density at radius 2 is 1.92 bits per heavy atom. The molecule has 1 amide bonds. The summed E-state index contributed by atoms with van der Waals surface area (Å²) < 4.78 is 1.92. The largest absolute Gasteiger partial charge is 0.334 e. The Labute approximate surface area is 150 Å². The van der Waals surface area contributed by atoms with Gasteiger partial charge in [0.05, 0.1) is 11.7 Å². The van der Waals surface area contributed by atoms with Crippen molar-refractivity contribution in [3.05, 3.63) is 52.8 Å². The Morgan fingerprint density at radius 3 is 2.48 bits per heavy atom. The first-order chi connectivity index (χ1) is 11.9. The predicted molar refractivity (Wildman–Crippen MR) is 99.2 cm³/mol. The van der Waals surface area contributed by atoms with E-state index >= 15 is 0 Å². The van der Waals surface area contributed by atoms with Gasteiger partial charge < -0.3 is 4.90 Å². The van der Waals surface area contributed by atoms with Crippen molar-refractivity contribution in [2.24, 2.45) is 7.05 Å². The van der Waals surface area contributed by atoms with Gasteiger partial charge in [0.1, 0.15) is 6.04 Å². The van der Waals surface area contributed by atoms with Crippen molar-refractivity contribution >= 4 is 5.91 Å². The topological polar surface area (TPSA) is 41.4 Å². The van der Waals surface area contributed by atoms with Gasteiger partial charge in [0.2, 0.25) is 5.91 Å². The minimum Gasteiger partial charge on any atom is -0.334 e. The van der Waals surface area contributed by atoms with Gasteiger partial charge in [-0.05, 0) is 46.3 Å². The summed E-state index contributed by atoms with van der Waals surface area (Å²) >= 11 is 0. The minimum atomic E-state index is -0.251. The fourth-order valence-electron chi connectivity index (χ4n) is 4.06. The van der Waals surface area contributed by atoms with Crippen LogP contribution in [-0.4, -0.2) is 46.1 Å². The lowest BCUT2D eigenvalue weighted by molar-refractivity contribution is -0.137. The predicted octanol–water partition coefficient (Wildman–Crippen LogP) is 3.00. The fourth-order valence-corrected chi connectivity index (χ4v) is 4.06. The summed E-state index contributed by atoms with van der Waals surface area (Å²) in [6, 6.07) is 9.93. The second kappa shape index (κ2) is 7.00. The van der Waals surface area contributed by atoms with Gasteiger partial charge in [-0.15, -0.1) is 0 Å². The number of nitrogens with zero attached hydrogens (tertiary/aromatic N) is 4. The molecule has 5 nitrogen and oxygen atoms in total. The van der Waals surface area contributed by atoms with Crippen molar-refractivity contribution < 1.29 is 4.79 Å². The molecule has 2 heterocycles. The van der Waals surface area contributed by atoms with Crippen LogP contribution >= 0.6 is 0 Å². The SMILES string of the molecule is Cc1nn(C)c(C)c1[C@@H]1CCCN1C(=O)[C@@H](c1ccccc1)N(C)C. The lowest BCUT2D eigenvalue weighted by Gasteiger charge is -2.32. The van der Waals surface area contributed by atoms with Crippen molar-refractivity contribution in [3.63, 3.8) is 0 Å². The summed E-state index contributed by atoms with van der Waals surface area (Å²) in [4.78, 5) is 17.5. The monoisotopic (exact) mass is 340 g/mol. The van der Waals surface area contributed by atoms with E-state index < -0.39 is 0 Å². The molecule has 0 unspecified atom stereocenters. The van der Waals surface area contributed by atoms with Crippen LogP contribution in [-0.2, 0) is 11.8 Å². The molecular formula is C20H28N4O. The maximum absolute atomic E-state index is 13.5. The molecule has 1 fully saturated rings. The van der Waals surface area contributed by atoms with E-state index in [-0.39, 0.29) is 18.0 Å². The van der Waals surface area contributed by atoms with Crippen LogP contribution in [0.1, 0.15) is 47.4 Å². The third-order valence-corrected chi connectivity index (χ3v) is 5.30. The van der Waals surface area contributed by atoms with Crippen LogP contribution in [0.3, 0.4) is 0 Å². The highest BCUT2D eigenvalue weighted by Crippen LogP contribution is 2.37. The van der Waals surface area contributed by atoms with Crippen LogP contribution in [0.5, 0.6) is 0 Å². The molecule has 0 saturated carbocycles. The molecule has 1 saturated heterocycles. The standard InChI is InChI=1S/C20H28N4O/c1-14-18(15(2)23(5)21-14)17-12-9-13-24(17)20(25)19(22(3)4)16-10-7-6-8-11-16/h6-8,10-11,17,19H,9,12-13H2,1-5H3/t17-,19+/m0/s1. The van der Waals surface area contributed by atoms with Crippen molar-refractivity contribution in [1.82, 2.24) is 19.6 Å². The average Bonchev–Trinajstić information content (AvgIpc) is 3.13. The Morgan fingerprint density at radius 1 is 1.24 bits per heavy atom. The molecular weight excluding hydrogens is 312 g/mol. The quantitative estimate of drug-likeness (QED) is 0.859. The van der Waals surface area contributed by atoms with E-state index in [1.807, 2.05) is 68.0 Å². The summed E-state index contributed by atoms with van der Waals surface area (Å²) in [5.74, 6) is 0.182. The van der Waals surface area contributed by atoms with E-state index in [1.165, 1.54) is 5.56 Å². The summed E-state index contributed by atoms with van der Waals surface area (Å²) in [7, 11) is 5.92. The van der Waals surface area contributed by atoms with Crippen molar-refractivity contribution in [1.29, 1.82) is 0 Å². The van der Waals surface area contributed by atoms with Crippen molar-refractivity contribution in [3.8, 4) is 0 Å². The normalized spacial score (nSPS) is 18.8. The van der Waals surface area contributed by atoms with Crippen LogP contribution < -0.4 is 0 Å². The first-order valence-electron chi connectivity index (χ1n) is 8.93. The zero-order chi connectivity index (χ0) is 18.1. The third-order valence-electron chi connectivity index (χ3n) is 5.30. The van der Waals surface area contributed by atoms with Gasteiger partial charge >= 0.3 is 0 Å². The van der Waals surface area contributed by atoms with Crippen LogP contribution in [0.2, 0.25) is 0 Å². The lowest BCUT2D eigenvalue weighted by Crippen LogP contribution is -2.40. The zero-order valence-corrected chi connectivity index (χ0v) is 15.9. The summed E-state index contributed by atoms with van der Waals surface area (Å²) in [6.45, 7) is 4.95. The number of benzene rings is 1. The molecule has 25 heavy (non-hydrogen) atoms. The van der Waals surface area contributed by atoms with Crippen LogP contribution in [0.15, 0.2) is 30.3 Å². The number of hydrogen-bond donors (Lipinski definition) is 0. The van der Waals surface area contributed by atoms with E-state index in [0.717, 1.165) is 36.3 Å². The molecule has 2 atom stereocenters. The number of aromatic nitrogens is 2.